The van der Waals surface area contributed by atoms with Crippen molar-refractivity contribution in [2.75, 3.05) is 19.3 Å². The third-order valence-electron chi connectivity index (χ3n) is 1.57. The highest BCUT2D eigenvalue weighted by Gasteiger charge is 1.84. The van der Waals surface area contributed by atoms with Gasteiger partial charge in [0.2, 0.25) is 0 Å². The van der Waals surface area contributed by atoms with Gasteiger partial charge in [0.05, 0.1) is 0 Å². The summed E-state index contributed by atoms with van der Waals surface area (Å²) in [7, 11) is 1.92. The van der Waals surface area contributed by atoms with Crippen LogP contribution in [0.3, 0.4) is 0 Å². The van der Waals surface area contributed by atoms with Gasteiger partial charge >= 0.3 is 0 Å². The fraction of sp³-hybridized carbons (Fsp3) is 0.200. The first-order valence-electron chi connectivity index (χ1n) is 3.99. The van der Waals surface area contributed by atoms with Gasteiger partial charge in [0.15, 0.2) is 0 Å². The van der Waals surface area contributed by atoms with Crippen molar-refractivity contribution in [3.8, 4) is 0 Å². The molecule has 3 N–H and O–H groups in total. The van der Waals surface area contributed by atoms with E-state index in [1.54, 1.807) is 0 Å². The Morgan fingerprint density at radius 3 is 2.58 bits per heavy atom. The predicted molar refractivity (Wildman–Crippen MR) is 53.8 cm³/mol. The number of likely N-dealkylation sites (N-methyl/N-ethyl adjacent to an activating group) is 1. The zero-order valence-electron chi connectivity index (χ0n) is 7.25. The van der Waals surface area contributed by atoms with Crippen molar-refractivity contribution >= 4 is 11.8 Å². The molecule has 1 aromatic rings. The first-order valence-corrected chi connectivity index (χ1v) is 3.99. The molecular weight excluding hydrogens is 148 g/mol. The normalized spacial score (nSPS) is 10.8. The molecular formula is C10H14N2. The van der Waals surface area contributed by atoms with Crippen LogP contribution in [-0.2, 0) is 0 Å². The molecule has 0 spiro atoms. The number of hydrogen-bond acceptors (Lipinski definition) is 2. The highest BCUT2D eigenvalue weighted by atomic mass is 14.8. The molecule has 0 aliphatic heterocycles. The first kappa shape index (κ1) is 8.81. The van der Waals surface area contributed by atoms with Gasteiger partial charge in [-0.05, 0) is 24.7 Å². The second-order valence-electron chi connectivity index (χ2n) is 2.63. The summed E-state index contributed by atoms with van der Waals surface area (Å²) >= 11 is 0. The molecule has 0 unspecified atom stereocenters. The SMILES string of the molecule is CNCC=Cc1ccc(N)cc1. The molecule has 0 atom stereocenters. The zero-order valence-corrected chi connectivity index (χ0v) is 7.25. The van der Waals surface area contributed by atoms with E-state index in [-0.39, 0.29) is 0 Å². The number of anilines is 1. The van der Waals surface area contributed by atoms with Crippen LogP contribution in [0.4, 0.5) is 5.69 Å². The second-order valence-corrected chi connectivity index (χ2v) is 2.63. The van der Waals surface area contributed by atoms with Crippen LogP contribution < -0.4 is 11.1 Å². The Morgan fingerprint density at radius 1 is 1.33 bits per heavy atom. The summed E-state index contributed by atoms with van der Waals surface area (Å²) in [6.07, 6.45) is 4.14. The molecule has 64 valence electrons. The van der Waals surface area contributed by atoms with Crippen molar-refractivity contribution in [1.82, 2.24) is 5.32 Å². The molecule has 2 heteroatoms. The number of rotatable bonds is 3. The predicted octanol–water partition coefficient (Wildman–Crippen LogP) is 1.50. The third-order valence-corrected chi connectivity index (χ3v) is 1.57. The minimum Gasteiger partial charge on any atom is -0.399 e. The molecule has 1 rings (SSSR count). The van der Waals surface area contributed by atoms with Crippen LogP contribution in [0.5, 0.6) is 0 Å². The molecule has 1 aromatic carbocycles. The Bertz CT molecular complexity index is 249. The Hall–Kier alpha value is -1.28. The summed E-state index contributed by atoms with van der Waals surface area (Å²) in [5, 5.41) is 3.04. The van der Waals surface area contributed by atoms with Crippen molar-refractivity contribution in [3.63, 3.8) is 0 Å². The first-order chi connectivity index (χ1) is 5.83. The standard InChI is InChI=1S/C10H14N2/c1-12-8-2-3-9-4-6-10(11)7-5-9/h2-7,12H,8,11H2,1H3. The van der Waals surface area contributed by atoms with E-state index < -0.39 is 0 Å². The van der Waals surface area contributed by atoms with Gasteiger partial charge in [-0.1, -0.05) is 24.3 Å². The fourth-order valence-electron chi connectivity index (χ4n) is 0.920. The largest absolute Gasteiger partial charge is 0.399 e. The minimum atomic E-state index is 0.806. The van der Waals surface area contributed by atoms with E-state index in [0.717, 1.165) is 12.2 Å². The topological polar surface area (TPSA) is 38.0 Å². The zero-order chi connectivity index (χ0) is 8.81. The van der Waals surface area contributed by atoms with Crippen LogP contribution in [0.15, 0.2) is 30.3 Å². The van der Waals surface area contributed by atoms with E-state index in [1.807, 2.05) is 31.3 Å². The molecule has 2 nitrogen and oxygen atoms in total. The Morgan fingerprint density at radius 2 is 2.00 bits per heavy atom. The second kappa shape index (κ2) is 4.57. The molecule has 0 aliphatic carbocycles. The average molecular weight is 162 g/mol. The maximum Gasteiger partial charge on any atom is 0.0314 e. The number of nitrogen functional groups attached to an aromatic ring is 1. The van der Waals surface area contributed by atoms with Gasteiger partial charge in [-0.3, -0.25) is 0 Å². The van der Waals surface area contributed by atoms with Crippen LogP contribution in [0, 0.1) is 0 Å². The lowest BCUT2D eigenvalue weighted by atomic mass is 10.2. The summed E-state index contributed by atoms with van der Waals surface area (Å²) < 4.78 is 0. The van der Waals surface area contributed by atoms with Gasteiger partial charge in [0.25, 0.3) is 0 Å². The van der Waals surface area contributed by atoms with Crippen LogP contribution in [0.25, 0.3) is 6.08 Å². The molecule has 0 saturated carbocycles. The van der Waals surface area contributed by atoms with Crippen LogP contribution in [-0.4, -0.2) is 13.6 Å². The van der Waals surface area contributed by atoms with Gasteiger partial charge in [-0.15, -0.1) is 0 Å². The lowest BCUT2D eigenvalue weighted by Crippen LogP contribution is -2.03. The Labute approximate surface area is 73.1 Å². The molecule has 0 saturated heterocycles. The van der Waals surface area contributed by atoms with E-state index in [2.05, 4.69) is 17.5 Å². The van der Waals surface area contributed by atoms with Gasteiger partial charge in [-0.2, -0.15) is 0 Å². The Kier molecular flexibility index (Phi) is 3.35. The molecule has 0 aromatic heterocycles. The van der Waals surface area contributed by atoms with Gasteiger partial charge in [0.1, 0.15) is 0 Å². The van der Waals surface area contributed by atoms with E-state index in [0.29, 0.717) is 0 Å². The molecule has 0 aliphatic rings. The van der Waals surface area contributed by atoms with Crippen LogP contribution in [0.1, 0.15) is 5.56 Å². The molecule has 12 heavy (non-hydrogen) atoms. The number of nitrogens with two attached hydrogens (primary N) is 1. The lowest BCUT2D eigenvalue weighted by molar-refractivity contribution is 0.922. The minimum absolute atomic E-state index is 0.806. The van der Waals surface area contributed by atoms with Crippen molar-refractivity contribution in [3.05, 3.63) is 35.9 Å². The van der Waals surface area contributed by atoms with E-state index in [1.165, 1.54) is 5.56 Å². The maximum atomic E-state index is 5.55. The van der Waals surface area contributed by atoms with Crippen LogP contribution >= 0.6 is 0 Å². The number of hydrogen-bond donors (Lipinski definition) is 2. The monoisotopic (exact) mass is 162 g/mol. The number of nitrogens with one attached hydrogen (secondary N) is 1. The summed E-state index contributed by atoms with van der Waals surface area (Å²) in [5.41, 5.74) is 7.53. The highest BCUT2D eigenvalue weighted by molar-refractivity contribution is 5.53. The fourth-order valence-corrected chi connectivity index (χ4v) is 0.920. The Balaban J connectivity index is 2.58. The summed E-state index contributed by atoms with van der Waals surface area (Å²) in [4.78, 5) is 0. The molecule has 0 fully saturated rings. The third kappa shape index (κ3) is 2.76. The summed E-state index contributed by atoms with van der Waals surface area (Å²) in [5.74, 6) is 0. The smallest absolute Gasteiger partial charge is 0.0314 e. The van der Waals surface area contributed by atoms with Gasteiger partial charge in [0, 0.05) is 12.2 Å². The maximum absolute atomic E-state index is 5.55. The van der Waals surface area contributed by atoms with E-state index >= 15 is 0 Å². The summed E-state index contributed by atoms with van der Waals surface area (Å²) in [6.45, 7) is 0.893. The van der Waals surface area contributed by atoms with Gasteiger partial charge < -0.3 is 11.1 Å². The quantitative estimate of drug-likeness (QED) is 0.661. The van der Waals surface area contributed by atoms with E-state index in [4.69, 9.17) is 5.73 Å². The van der Waals surface area contributed by atoms with Crippen molar-refractivity contribution < 1.29 is 0 Å². The average Bonchev–Trinajstić information content (AvgIpc) is 2.09. The molecule has 0 bridgehead atoms. The lowest BCUT2D eigenvalue weighted by Gasteiger charge is -1.94. The van der Waals surface area contributed by atoms with Crippen molar-refractivity contribution in [2.24, 2.45) is 0 Å². The van der Waals surface area contributed by atoms with Crippen LogP contribution in [0.2, 0.25) is 0 Å². The molecule has 0 amide bonds. The van der Waals surface area contributed by atoms with Crippen molar-refractivity contribution in [1.29, 1.82) is 0 Å². The molecule has 0 heterocycles. The van der Waals surface area contributed by atoms with Crippen molar-refractivity contribution in [2.45, 2.75) is 0 Å². The van der Waals surface area contributed by atoms with E-state index in [9.17, 15) is 0 Å². The summed E-state index contributed by atoms with van der Waals surface area (Å²) in [6, 6.07) is 7.81. The molecule has 0 radical (unpaired) electrons. The number of benzene rings is 1. The highest BCUT2D eigenvalue weighted by Crippen LogP contribution is 2.06. The van der Waals surface area contributed by atoms with Gasteiger partial charge in [-0.25, -0.2) is 0 Å².